The van der Waals surface area contributed by atoms with Gasteiger partial charge in [-0.3, -0.25) is 9.59 Å². The fourth-order valence-electron chi connectivity index (χ4n) is 2.32. The molecule has 0 spiro atoms. The van der Waals surface area contributed by atoms with Gasteiger partial charge < -0.3 is 14.3 Å². The van der Waals surface area contributed by atoms with Crippen molar-refractivity contribution < 1.29 is 9.21 Å². The van der Waals surface area contributed by atoms with Crippen molar-refractivity contribution in [3.63, 3.8) is 0 Å². The van der Waals surface area contributed by atoms with Crippen LogP contribution in [-0.2, 0) is 11.2 Å². The lowest BCUT2D eigenvalue weighted by molar-refractivity contribution is -0.132. The van der Waals surface area contributed by atoms with E-state index in [2.05, 4.69) is 9.97 Å². The maximum atomic E-state index is 12.3. The minimum atomic E-state index is -0.170. The number of furan rings is 1. The number of nitrogens with zero attached hydrogens (tertiary/aromatic N) is 2. The van der Waals surface area contributed by atoms with Crippen LogP contribution in [-0.4, -0.2) is 34.1 Å². The van der Waals surface area contributed by atoms with Crippen LogP contribution >= 0.6 is 11.8 Å². The van der Waals surface area contributed by atoms with Crippen LogP contribution in [0.4, 0.5) is 0 Å². The van der Waals surface area contributed by atoms with Gasteiger partial charge in [0.25, 0.3) is 5.56 Å². The lowest BCUT2D eigenvalue weighted by atomic mass is 10.1. The SMILES string of the molecule is CSc1nc(C)c(CCC(=O)N(C)C(C)c2ccco2)c(=O)[nH]1. The van der Waals surface area contributed by atoms with E-state index >= 15 is 0 Å². The third-order valence-corrected chi connectivity index (χ3v) is 4.49. The van der Waals surface area contributed by atoms with E-state index in [1.165, 1.54) is 11.8 Å². The van der Waals surface area contributed by atoms with Crippen molar-refractivity contribution in [2.24, 2.45) is 0 Å². The lowest BCUT2D eigenvalue weighted by Gasteiger charge is -2.23. The largest absolute Gasteiger partial charge is 0.467 e. The Balaban J connectivity index is 2.03. The van der Waals surface area contributed by atoms with Gasteiger partial charge in [0.05, 0.1) is 12.3 Å². The summed E-state index contributed by atoms with van der Waals surface area (Å²) in [5, 5.41) is 0.589. The van der Waals surface area contributed by atoms with Crippen molar-refractivity contribution in [1.82, 2.24) is 14.9 Å². The van der Waals surface area contributed by atoms with E-state index < -0.39 is 0 Å². The molecule has 0 aliphatic rings. The first-order valence-electron chi connectivity index (χ1n) is 7.37. The summed E-state index contributed by atoms with van der Waals surface area (Å²) in [7, 11) is 1.74. The molecule has 124 valence electrons. The highest BCUT2D eigenvalue weighted by Crippen LogP contribution is 2.20. The lowest BCUT2D eigenvalue weighted by Crippen LogP contribution is -2.30. The molecule has 0 saturated carbocycles. The van der Waals surface area contributed by atoms with Crippen molar-refractivity contribution in [3.05, 3.63) is 45.8 Å². The van der Waals surface area contributed by atoms with Crippen LogP contribution in [0.2, 0.25) is 0 Å². The molecule has 0 saturated heterocycles. The first-order valence-corrected chi connectivity index (χ1v) is 8.59. The molecule has 7 heteroatoms. The molecule has 0 aliphatic carbocycles. The summed E-state index contributed by atoms with van der Waals surface area (Å²) >= 11 is 1.39. The number of rotatable bonds is 6. The summed E-state index contributed by atoms with van der Waals surface area (Å²) < 4.78 is 5.33. The van der Waals surface area contributed by atoms with Crippen LogP contribution < -0.4 is 5.56 Å². The summed E-state index contributed by atoms with van der Waals surface area (Å²) in [4.78, 5) is 33.1. The molecule has 23 heavy (non-hydrogen) atoms. The van der Waals surface area contributed by atoms with Crippen LogP contribution in [0, 0.1) is 6.92 Å². The maximum Gasteiger partial charge on any atom is 0.254 e. The fourth-order valence-corrected chi connectivity index (χ4v) is 2.74. The van der Waals surface area contributed by atoms with Crippen LogP contribution in [0.15, 0.2) is 32.8 Å². The number of carbonyl (C=O) groups is 1. The Labute approximate surface area is 139 Å². The van der Waals surface area contributed by atoms with Gasteiger partial charge in [0, 0.05) is 24.7 Å². The molecule has 0 aliphatic heterocycles. The van der Waals surface area contributed by atoms with E-state index in [-0.39, 0.29) is 23.9 Å². The van der Waals surface area contributed by atoms with Crippen molar-refractivity contribution in [2.45, 2.75) is 37.9 Å². The maximum absolute atomic E-state index is 12.3. The number of aromatic amines is 1. The van der Waals surface area contributed by atoms with Crippen molar-refractivity contribution in [2.75, 3.05) is 13.3 Å². The smallest absolute Gasteiger partial charge is 0.254 e. The van der Waals surface area contributed by atoms with Gasteiger partial charge in [0.2, 0.25) is 5.91 Å². The molecule has 2 aromatic rings. The van der Waals surface area contributed by atoms with Gasteiger partial charge in [-0.1, -0.05) is 11.8 Å². The van der Waals surface area contributed by atoms with E-state index in [0.29, 0.717) is 22.8 Å². The number of thioether (sulfide) groups is 1. The summed E-state index contributed by atoms with van der Waals surface area (Å²) in [6.45, 7) is 3.70. The predicted molar refractivity (Wildman–Crippen MR) is 89.6 cm³/mol. The molecular formula is C16H21N3O3S. The zero-order valence-corrected chi connectivity index (χ0v) is 14.6. The number of nitrogens with one attached hydrogen (secondary N) is 1. The van der Waals surface area contributed by atoms with E-state index in [4.69, 9.17) is 4.42 Å². The molecule has 0 fully saturated rings. The Bertz CT molecular complexity index is 725. The topological polar surface area (TPSA) is 79.2 Å². The number of amides is 1. The Kier molecular flexibility index (Phi) is 5.65. The zero-order valence-electron chi connectivity index (χ0n) is 13.8. The van der Waals surface area contributed by atoms with Gasteiger partial charge in [-0.05, 0) is 38.7 Å². The zero-order chi connectivity index (χ0) is 17.0. The first-order chi connectivity index (χ1) is 10.9. The fraction of sp³-hybridized carbons (Fsp3) is 0.438. The van der Waals surface area contributed by atoms with Crippen LogP contribution in [0.1, 0.15) is 36.4 Å². The Morgan fingerprint density at radius 2 is 2.26 bits per heavy atom. The number of aryl methyl sites for hydroxylation is 1. The molecular weight excluding hydrogens is 314 g/mol. The monoisotopic (exact) mass is 335 g/mol. The first kappa shape index (κ1) is 17.3. The number of hydrogen-bond acceptors (Lipinski definition) is 5. The molecule has 2 heterocycles. The average Bonchev–Trinajstić information content (AvgIpc) is 3.06. The highest BCUT2D eigenvalue weighted by molar-refractivity contribution is 7.98. The third kappa shape index (κ3) is 4.04. The second-order valence-corrected chi connectivity index (χ2v) is 6.13. The Morgan fingerprint density at radius 1 is 1.52 bits per heavy atom. The van der Waals surface area contributed by atoms with E-state index in [1.807, 2.05) is 19.2 Å². The number of hydrogen-bond donors (Lipinski definition) is 1. The molecule has 0 radical (unpaired) electrons. The molecule has 0 bridgehead atoms. The normalized spacial score (nSPS) is 12.2. The van der Waals surface area contributed by atoms with E-state index in [9.17, 15) is 9.59 Å². The van der Waals surface area contributed by atoms with Crippen molar-refractivity contribution in [3.8, 4) is 0 Å². The predicted octanol–water partition coefficient (Wildman–Crippen LogP) is 2.55. The second kappa shape index (κ2) is 7.50. The van der Waals surface area contributed by atoms with Crippen molar-refractivity contribution >= 4 is 17.7 Å². The standard InChI is InChI=1S/C16H21N3O3S/c1-10-12(15(21)18-16(17-10)23-4)7-8-14(20)19(3)11(2)13-6-5-9-22-13/h5-6,9,11H,7-8H2,1-4H3,(H,17,18,21). The quantitative estimate of drug-likeness (QED) is 0.648. The van der Waals surface area contributed by atoms with Gasteiger partial charge in [-0.2, -0.15) is 0 Å². The molecule has 1 amide bonds. The number of aromatic nitrogens is 2. The summed E-state index contributed by atoms with van der Waals surface area (Å²) in [5.41, 5.74) is 1.07. The molecule has 1 N–H and O–H groups in total. The Morgan fingerprint density at radius 3 is 2.83 bits per heavy atom. The highest BCUT2D eigenvalue weighted by Gasteiger charge is 2.20. The van der Waals surface area contributed by atoms with Gasteiger partial charge in [-0.15, -0.1) is 0 Å². The van der Waals surface area contributed by atoms with Crippen LogP contribution in [0.5, 0.6) is 0 Å². The summed E-state index contributed by atoms with van der Waals surface area (Å²) in [6, 6.07) is 3.49. The molecule has 6 nitrogen and oxygen atoms in total. The van der Waals surface area contributed by atoms with E-state index in [0.717, 1.165) is 5.76 Å². The molecule has 0 aromatic carbocycles. The summed E-state index contributed by atoms with van der Waals surface area (Å²) in [5.74, 6) is 0.697. The van der Waals surface area contributed by atoms with Crippen molar-refractivity contribution in [1.29, 1.82) is 0 Å². The van der Waals surface area contributed by atoms with Gasteiger partial charge >= 0.3 is 0 Å². The minimum Gasteiger partial charge on any atom is -0.467 e. The summed E-state index contributed by atoms with van der Waals surface area (Å²) in [6.07, 6.45) is 4.07. The van der Waals surface area contributed by atoms with Crippen LogP contribution in [0.3, 0.4) is 0 Å². The Hall–Kier alpha value is -2.02. The second-order valence-electron chi connectivity index (χ2n) is 5.34. The molecule has 2 rings (SSSR count). The van der Waals surface area contributed by atoms with Gasteiger partial charge in [0.15, 0.2) is 5.16 Å². The van der Waals surface area contributed by atoms with Crippen LogP contribution in [0.25, 0.3) is 0 Å². The van der Waals surface area contributed by atoms with Gasteiger partial charge in [-0.25, -0.2) is 4.98 Å². The number of carbonyl (C=O) groups excluding carboxylic acids is 1. The minimum absolute atomic E-state index is 0.0401. The molecule has 1 unspecified atom stereocenters. The molecule has 1 atom stereocenters. The van der Waals surface area contributed by atoms with Gasteiger partial charge in [0.1, 0.15) is 5.76 Å². The average molecular weight is 335 g/mol. The molecule has 2 aromatic heterocycles. The third-order valence-electron chi connectivity index (χ3n) is 3.91. The highest BCUT2D eigenvalue weighted by atomic mass is 32.2. The van der Waals surface area contributed by atoms with E-state index in [1.54, 1.807) is 31.2 Å². The number of H-pyrrole nitrogens is 1.